The van der Waals surface area contributed by atoms with Gasteiger partial charge in [-0.15, -0.1) is 0 Å². The number of rotatable bonds is 5. The third kappa shape index (κ3) is 4.11. The second kappa shape index (κ2) is 7.14. The maximum absolute atomic E-state index is 10.8. The van der Waals surface area contributed by atoms with E-state index < -0.39 is 5.97 Å². The van der Waals surface area contributed by atoms with Crippen molar-refractivity contribution in [1.82, 2.24) is 0 Å². The van der Waals surface area contributed by atoms with Crippen LogP contribution in [0.25, 0.3) is 5.57 Å². The Hall–Kier alpha value is -3.26. The summed E-state index contributed by atoms with van der Waals surface area (Å²) in [6.45, 7) is 0. The molecule has 0 radical (unpaired) electrons. The van der Waals surface area contributed by atoms with Crippen molar-refractivity contribution in [3.05, 3.63) is 65.2 Å². The zero-order valence-electron chi connectivity index (χ0n) is 12.2. The Morgan fingerprint density at radius 2 is 1.30 bits per heavy atom. The standard InChI is InChI=1S/C18H15NO4/c19-11-14(5-10-17(22)23)18(12-1-6-15(20)7-2-12)13-3-8-16(21)9-4-13/h1-4,6-9,20-21H,5,10H2,(H,22,23). The number of phenols is 2. The Kier molecular flexibility index (Phi) is 5.00. The van der Waals surface area contributed by atoms with Crippen LogP contribution in [-0.2, 0) is 4.79 Å². The average Bonchev–Trinajstić information content (AvgIpc) is 2.54. The summed E-state index contributed by atoms with van der Waals surface area (Å²) in [4.78, 5) is 10.8. The van der Waals surface area contributed by atoms with Gasteiger partial charge in [0.15, 0.2) is 0 Å². The van der Waals surface area contributed by atoms with Crippen molar-refractivity contribution in [2.45, 2.75) is 12.8 Å². The van der Waals surface area contributed by atoms with Gasteiger partial charge < -0.3 is 15.3 Å². The van der Waals surface area contributed by atoms with E-state index in [-0.39, 0.29) is 24.3 Å². The fourth-order valence-electron chi connectivity index (χ4n) is 2.24. The maximum Gasteiger partial charge on any atom is 0.303 e. The summed E-state index contributed by atoms with van der Waals surface area (Å²) in [6, 6.07) is 14.7. The molecule has 116 valence electrons. The molecule has 0 fully saturated rings. The highest BCUT2D eigenvalue weighted by molar-refractivity contribution is 5.85. The van der Waals surface area contributed by atoms with E-state index in [2.05, 4.69) is 6.07 Å². The van der Waals surface area contributed by atoms with E-state index in [1.54, 1.807) is 24.3 Å². The molecule has 2 aromatic carbocycles. The highest BCUT2D eigenvalue weighted by Crippen LogP contribution is 2.30. The molecule has 0 bridgehead atoms. The molecule has 0 aromatic heterocycles. The van der Waals surface area contributed by atoms with E-state index in [4.69, 9.17) is 5.11 Å². The molecule has 0 saturated carbocycles. The molecular weight excluding hydrogens is 294 g/mol. The van der Waals surface area contributed by atoms with Gasteiger partial charge in [-0.1, -0.05) is 24.3 Å². The van der Waals surface area contributed by atoms with Gasteiger partial charge in [0.2, 0.25) is 0 Å². The zero-order valence-corrected chi connectivity index (χ0v) is 12.2. The SMILES string of the molecule is N#CC(CCC(=O)O)=C(c1ccc(O)cc1)c1ccc(O)cc1. The van der Waals surface area contributed by atoms with Crippen molar-refractivity contribution in [2.75, 3.05) is 0 Å². The number of aliphatic carboxylic acids is 1. The van der Waals surface area contributed by atoms with Crippen LogP contribution in [0.5, 0.6) is 11.5 Å². The van der Waals surface area contributed by atoms with Crippen LogP contribution in [0.2, 0.25) is 0 Å². The van der Waals surface area contributed by atoms with Crippen molar-refractivity contribution in [3.63, 3.8) is 0 Å². The van der Waals surface area contributed by atoms with Crippen molar-refractivity contribution in [3.8, 4) is 17.6 Å². The predicted octanol–water partition coefficient (Wildman–Crippen LogP) is 3.29. The molecule has 0 heterocycles. The number of carbonyl (C=O) groups is 1. The molecule has 0 aliphatic rings. The number of carboxylic acid groups (broad SMARTS) is 1. The normalized spacial score (nSPS) is 9.87. The molecule has 0 spiro atoms. The molecule has 2 rings (SSSR count). The highest BCUT2D eigenvalue weighted by Gasteiger charge is 2.13. The van der Waals surface area contributed by atoms with Gasteiger partial charge in [0.25, 0.3) is 0 Å². The van der Waals surface area contributed by atoms with Gasteiger partial charge in [-0.3, -0.25) is 4.79 Å². The van der Waals surface area contributed by atoms with Crippen molar-refractivity contribution in [2.24, 2.45) is 0 Å². The van der Waals surface area contributed by atoms with Gasteiger partial charge in [-0.05, 0) is 41.8 Å². The van der Waals surface area contributed by atoms with E-state index >= 15 is 0 Å². The van der Waals surface area contributed by atoms with Crippen LogP contribution in [0.4, 0.5) is 0 Å². The topological polar surface area (TPSA) is 102 Å². The number of aromatic hydroxyl groups is 2. The van der Waals surface area contributed by atoms with E-state index in [9.17, 15) is 20.3 Å². The number of nitriles is 1. The van der Waals surface area contributed by atoms with Crippen LogP contribution in [0, 0.1) is 11.3 Å². The second-order valence-electron chi connectivity index (χ2n) is 4.95. The molecule has 3 N–H and O–H groups in total. The summed E-state index contributed by atoms with van der Waals surface area (Å²) in [5, 5.41) is 37.1. The minimum Gasteiger partial charge on any atom is -0.508 e. The largest absolute Gasteiger partial charge is 0.508 e. The summed E-state index contributed by atoms with van der Waals surface area (Å²) in [6.07, 6.45) is -0.0501. The molecule has 0 aliphatic heterocycles. The van der Waals surface area contributed by atoms with Gasteiger partial charge in [0.05, 0.1) is 12.5 Å². The number of phenolic OH excluding ortho intramolecular Hbond substituents is 2. The van der Waals surface area contributed by atoms with Crippen LogP contribution in [-0.4, -0.2) is 21.3 Å². The summed E-state index contributed by atoms with van der Waals surface area (Å²) < 4.78 is 0. The molecule has 0 saturated heterocycles. The average molecular weight is 309 g/mol. The fraction of sp³-hybridized carbons (Fsp3) is 0.111. The lowest BCUT2D eigenvalue weighted by Gasteiger charge is -2.12. The first-order valence-corrected chi connectivity index (χ1v) is 6.95. The number of benzene rings is 2. The van der Waals surface area contributed by atoms with Gasteiger partial charge in [-0.2, -0.15) is 5.26 Å². The monoisotopic (exact) mass is 309 g/mol. The van der Waals surface area contributed by atoms with Crippen molar-refractivity contribution < 1.29 is 20.1 Å². The molecule has 2 aromatic rings. The molecular formula is C18H15NO4. The third-order valence-electron chi connectivity index (χ3n) is 3.34. The van der Waals surface area contributed by atoms with Crippen LogP contribution in [0.3, 0.4) is 0 Å². The number of hydrogen-bond donors (Lipinski definition) is 3. The first kappa shape index (κ1) is 16.1. The second-order valence-corrected chi connectivity index (χ2v) is 4.95. The lowest BCUT2D eigenvalue weighted by atomic mass is 9.91. The van der Waals surface area contributed by atoms with Gasteiger partial charge >= 0.3 is 5.97 Å². The smallest absolute Gasteiger partial charge is 0.303 e. The third-order valence-corrected chi connectivity index (χ3v) is 3.34. The van der Waals surface area contributed by atoms with Gasteiger partial charge in [0, 0.05) is 11.1 Å². The number of carboxylic acids is 1. The number of hydrogen-bond acceptors (Lipinski definition) is 4. The molecule has 5 heteroatoms. The molecule has 0 aliphatic carbocycles. The van der Waals surface area contributed by atoms with Crippen LogP contribution < -0.4 is 0 Å². The van der Waals surface area contributed by atoms with E-state index in [1.807, 2.05) is 0 Å². The predicted molar refractivity (Wildman–Crippen MR) is 84.7 cm³/mol. The number of allylic oxidation sites excluding steroid dienone is 1. The quantitative estimate of drug-likeness (QED) is 0.736. The van der Waals surface area contributed by atoms with E-state index in [0.29, 0.717) is 22.3 Å². The van der Waals surface area contributed by atoms with Crippen LogP contribution >= 0.6 is 0 Å². The molecule has 0 atom stereocenters. The molecule has 5 nitrogen and oxygen atoms in total. The minimum absolute atomic E-state index is 0.0999. The minimum atomic E-state index is -0.978. The summed E-state index contributed by atoms with van der Waals surface area (Å²) >= 11 is 0. The highest BCUT2D eigenvalue weighted by atomic mass is 16.4. The lowest BCUT2D eigenvalue weighted by Crippen LogP contribution is -1.99. The van der Waals surface area contributed by atoms with Crippen LogP contribution in [0.1, 0.15) is 24.0 Å². The summed E-state index contributed by atoms with van der Waals surface area (Å²) in [7, 11) is 0. The van der Waals surface area contributed by atoms with E-state index in [1.165, 1.54) is 24.3 Å². The molecule has 0 amide bonds. The first-order valence-electron chi connectivity index (χ1n) is 6.95. The van der Waals surface area contributed by atoms with Crippen molar-refractivity contribution in [1.29, 1.82) is 5.26 Å². The first-order chi connectivity index (χ1) is 11.0. The Morgan fingerprint density at radius 3 is 1.65 bits per heavy atom. The number of nitrogens with zero attached hydrogens (tertiary/aromatic N) is 1. The molecule has 23 heavy (non-hydrogen) atoms. The summed E-state index contributed by atoms with van der Waals surface area (Å²) in [5.74, 6) is -0.779. The Morgan fingerprint density at radius 1 is 0.870 bits per heavy atom. The fourth-order valence-corrected chi connectivity index (χ4v) is 2.24. The van der Waals surface area contributed by atoms with Crippen LogP contribution in [0.15, 0.2) is 54.1 Å². The van der Waals surface area contributed by atoms with E-state index in [0.717, 1.165) is 0 Å². The van der Waals surface area contributed by atoms with Gasteiger partial charge in [0.1, 0.15) is 11.5 Å². The Bertz CT molecular complexity index is 721. The van der Waals surface area contributed by atoms with Crippen molar-refractivity contribution >= 4 is 11.5 Å². The zero-order chi connectivity index (χ0) is 16.8. The van der Waals surface area contributed by atoms with Gasteiger partial charge in [-0.25, -0.2) is 0 Å². The summed E-state index contributed by atoms with van der Waals surface area (Å²) in [5.41, 5.74) is 2.31. The lowest BCUT2D eigenvalue weighted by molar-refractivity contribution is -0.136. The maximum atomic E-state index is 10.8. The Labute approximate surface area is 133 Å². The molecule has 0 unspecified atom stereocenters. The Balaban J connectivity index is 2.58.